The van der Waals surface area contributed by atoms with Crippen LogP contribution in [-0.4, -0.2) is 43.9 Å². The van der Waals surface area contributed by atoms with Crippen LogP contribution in [-0.2, 0) is 15.8 Å². The van der Waals surface area contributed by atoms with Crippen LogP contribution in [0.4, 0.5) is 0 Å². The Bertz CT molecular complexity index is 799. The molecule has 3 rings (SSSR count). The zero-order valence-electron chi connectivity index (χ0n) is 17.1. The van der Waals surface area contributed by atoms with Crippen molar-refractivity contribution >= 4 is 17.6 Å². The van der Waals surface area contributed by atoms with E-state index in [1.807, 2.05) is 25.1 Å². The molecule has 29 heavy (non-hydrogen) atoms. The lowest BCUT2D eigenvalue weighted by atomic mass is 9.74. The molecular weight excluding hydrogens is 390 g/mol. The molecule has 0 spiro atoms. The Labute approximate surface area is 177 Å². The maximum atomic E-state index is 10.7. The van der Waals surface area contributed by atoms with Crippen LogP contribution in [0.15, 0.2) is 52.1 Å². The van der Waals surface area contributed by atoms with E-state index >= 15 is 0 Å². The van der Waals surface area contributed by atoms with Crippen LogP contribution in [0.2, 0.25) is 5.02 Å². The normalized spacial score (nSPS) is 18.8. The minimum atomic E-state index is -1.18. The van der Waals surface area contributed by atoms with Gasteiger partial charge in [0.15, 0.2) is 5.96 Å². The number of halogens is 1. The fourth-order valence-corrected chi connectivity index (χ4v) is 4.02. The van der Waals surface area contributed by atoms with Gasteiger partial charge in [-0.3, -0.25) is 0 Å². The van der Waals surface area contributed by atoms with Gasteiger partial charge in [0.05, 0.1) is 12.8 Å². The number of furan rings is 1. The average Bonchev–Trinajstić information content (AvgIpc) is 3.27. The second kappa shape index (κ2) is 9.65. The molecule has 0 amide bonds. The molecule has 2 heterocycles. The Hall–Kier alpha value is -2.02. The molecule has 0 aliphatic carbocycles. The zero-order chi connectivity index (χ0) is 20.7. The quantitative estimate of drug-likeness (QED) is 0.473. The molecule has 1 fully saturated rings. The number of aliphatic imine (C=N–C) groups is 1. The van der Waals surface area contributed by atoms with Gasteiger partial charge in [-0.1, -0.05) is 29.8 Å². The van der Waals surface area contributed by atoms with Crippen molar-refractivity contribution in [3.63, 3.8) is 0 Å². The minimum absolute atomic E-state index is 0.129. The van der Waals surface area contributed by atoms with Gasteiger partial charge in [-0.05, 0) is 50.5 Å². The van der Waals surface area contributed by atoms with E-state index in [-0.39, 0.29) is 12.0 Å². The Morgan fingerprint density at radius 1 is 1.21 bits per heavy atom. The van der Waals surface area contributed by atoms with Gasteiger partial charge in [0.2, 0.25) is 0 Å². The number of benzene rings is 1. The first-order valence-electron chi connectivity index (χ1n) is 10.1. The van der Waals surface area contributed by atoms with Crippen molar-refractivity contribution in [2.24, 2.45) is 4.99 Å². The molecule has 1 aliphatic heterocycles. The molecule has 1 aromatic carbocycles. The molecular formula is C22H30ClN3O3. The minimum Gasteiger partial charge on any atom is -0.466 e. The summed E-state index contributed by atoms with van der Waals surface area (Å²) in [6.45, 7) is 6.69. The van der Waals surface area contributed by atoms with E-state index < -0.39 is 5.60 Å². The second-order valence-electron chi connectivity index (χ2n) is 7.67. The number of aliphatic hydroxyl groups is 1. The number of nitrogens with zero attached hydrogens (tertiary/aromatic N) is 1. The van der Waals surface area contributed by atoms with E-state index in [4.69, 9.17) is 20.8 Å². The van der Waals surface area contributed by atoms with Crippen LogP contribution in [0.5, 0.6) is 0 Å². The summed E-state index contributed by atoms with van der Waals surface area (Å²) in [5, 5.41) is 18.2. The summed E-state index contributed by atoms with van der Waals surface area (Å²) < 4.78 is 11.0. The number of hydrogen-bond donors (Lipinski definition) is 3. The highest BCUT2D eigenvalue weighted by Crippen LogP contribution is 2.38. The molecule has 1 aliphatic rings. The van der Waals surface area contributed by atoms with Gasteiger partial charge >= 0.3 is 0 Å². The molecule has 1 unspecified atom stereocenters. The average molecular weight is 420 g/mol. The smallest absolute Gasteiger partial charge is 0.191 e. The summed E-state index contributed by atoms with van der Waals surface area (Å²) in [6, 6.07) is 11.5. The Kier molecular flexibility index (Phi) is 7.22. The topological polar surface area (TPSA) is 79.0 Å². The molecule has 2 aromatic rings. The molecule has 6 nitrogen and oxygen atoms in total. The van der Waals surface area contributed by atoms with Gasteiger partial charge in [-0.15, -0.1) is 0 Å². The Morgan fingerprint density at radius 2 is 1.97 bits per heavy atom. The molecule has 3 N–H and O–H groups in total. The maximum Gasteiger partial charge on any atom is 0.191 e. The maximum absolute atomic E-state index is 10.7. The van der Waals surface area contributed by atoms with E-state index in [0.29, 0.717) is 31.5 Å². The molecule has 1 atom stereocenters. The van der Waals surface area contributed by atoms with E-state index in [1.54, 1.807) is 25.3 Å². The standard InChI is InChI=1S/C22H30ClN3O3/c1-3-24-20(25-15-21(2,27)19-9-6-12-29-19)26-16-22(10-13-28-14-11-22)17-7-4-5-8-18(17)23/h4-9,12,27H,3,10-11,13-16H2,1-2H3,(H2,24,25,26). The van der Waals surface area contributed by atoms with Gasteiger partial charge in [0.1, 0.15) is 11.4 Å². The van der Waals surface area contributed by atoms with Gasteiger partial charge in [0.25, 0.3) is 0 Å². The second-order valence-corrected chi connectivity index (χ2v) is 8.08. The molecule has 0 radical (unpaired) electrons. The third-order valence-corrected chi connectivity index (χ3v) is 5.76. The monoisotopic (exact) mass is 419 g/mol. The van der Waals surface area contributed by atoms with Crippen LogP contribution in [0.25, 0.3) is 0 Å². The number of nitrogens with one attached hydrogen (secondary N) is 2. The van der Waals surface area contributed by atoms with Crippen molar-refractivity contribution in [3.8, 4) is 0 Å². The Morgan fingerprint density at radius 3 is 2.62 bits per heavy atom. The number of hydrogen-bond acceptors (Lipinski definition) is 4. The van der Waals surface area contributed by atoms with Crippen LogP contribution in [0.1, 0.15) is 38.0 Å². The van der Waals surface area contributed by atoms with E-state index in [0.717, 1.165) is 30.0 Å². The largest absolute Gasteiger partial charge is 0.466 e. The lowest BCUT2D eigenvalue weighted by Gasteiger charge is -2.38. The van der Waals surface area contributed by atoms with E-state index in [2.05, 4.69) is 21.7 Å². The van der Waals surface area contributed by atoms with E-state index in [9.17, 15) is 5.11 Å². The predicted molar refractivity (Wildman–Crippen MR) is 115 cm³/mol. The van der Waals surface area contributed by atoms with Crippen molar-refractivity contribution in [1.29, 1.82) is 0 Å². The first-order valence-corrected chi connectivity index (χ1v) is 10.5. The van der Waals surface area contributed by atoms with Crippen LogP contribution >= 0.6 is 11.6 Å². The number of rotatable bonds is 7. The lowest BCUT2D eigenvalue weighted by Crippen LogP contribution is -2.48. The fourth-order valence-electron chi connectivity index (χ4n) is 3.69. The summed E-state index contributed by atoms with van der Waals surface area (Å²) in [7, 11) is 0. The summed E-state index contributed by atoms with van der Waals surface area (Å²) in [4.78, 5) is 4.59. The molecule has 158 valence electrons. The van der Waals surface area contributed by atoms with Crippen molar-refractivity contribution in [3.05, 3.63) is 59.0 Å². The number of guanidine groups is 1. The van der Waals surface area contributed by atoms with Gasteiger partial charge < -0.3 is 24.9 Å². The molecule has 0 bridgehead atoms. The zero-order valence-corrected chi connectivity index (χ0v) is 17.8. The summed E-state index contributed by atoms with van der Waals surface area (Å²) >= 11 is 6.54. The molecule has 1 saturated heterocycles. The fraction of sp³-hybridized carbons (Fsp3) is 0.500. The Balaban J connectivity index is 1.76. The SMILES string of the molecule is CCNC(=NCC(C)(O)c1ccco1)NCC1(c2ccccc2Cl)CCOCC1. The lowest BCUT2D eigenvalue weighted by molar-refractivity contribution is 0.0435. The highest BCUT2D eigenvalue weighted by atomic mass is 35.5. The van der Waals surface area contributed by atoms with Gasteiger partial charge in [-0.2, -0.15) is 0 Å². The van der Waals surface area contributed by atoms with Gasteiger partial charge in [0, 0.05) is 36.7 Å². The van der Waals surface area contributed by atoms with Crippen LogP contribution < -0.4 is 10.6 Å². The van der Waals surface area contributed by atoms with Crippen LogP contribution in [0.3, 0.4) is 0 Å². The van der Waals surface area contributed by atoms with Crippen molar-refractivity contribution < 1.29 is 14.3 Å². The van der Waals surface area contributed by atoms with Gasteiger partial charge in [-0.25, -0.2) is 4.99 Å². The number of ether oxygens (including phenoxy) is 1. The first-order chi connectivity index (χ1) is 14.0. The highest BCUT2D eigenvalue weighted by molar-refractivity contribution is 6.31. The first kappa shape index (κ1) is 21.7. The van der Waals surface area contributed by atoms with Crippen molar-refractivity contribution in [1.82, 2.24) is 10.6 Å². The summed E-state index contributed by atoms with van der Waals surface area (Å²) in [5.74, 6) is 1.14. The molecule has 0 saturated carbocycles. The van der Waals surface area contributed by atoms with Crippen molar-refractivity contribution in [2.75, 3.05) is 32.8 Å². The summed E-state index contributed by atoms with van der Waals surface area (Å²) in [5.41, 5.74) is -0.169. The highest BCUT2D eigenvalue weighted by Gasteiger charge is 2.36. The summed E-state index contributed by atoms with van der Waals surface area (Å²) in [6.07, 6.45) is 3.32. The van der Waals surface area contributed by atoms with Crippen LogP contribution in [0, 0.1) is 0 Å². The van der Waals surface area contributed by atoms with E-state index in [1.165, 1.54) is 0 Å². The van der Waals surface area contributed by atoms with Crippen molar-refractivity contribution in [2.45, 2.75) is 37.7 Å². The predicted octanol–water partition coefficient (Wildman–Crippen LogP) is 3.44. The third kappa shape index (κ3) is 5.32. The third-order valence-electron chi connectivity index (χ3n) is 5.43. The molecule has 1 aromatic heterocycles. The molecule has 7 heteroatoms.